The second-order valence-corrected chi connectivity index (χ2v) is 16.8. The third kappa shape index (κ3) is 11.6. The van der Waals surface area contributed by atoms with Crippen LogP contribution in [0.4, 0.5) is 0 Å². The van der Waals surface area contributed by atoms with Crippen molar-refractivity contribution in [2.75, 3.05) is 26.7 Å². The van der Waals surface area contributed by atoms with Crippen molar-refractivity contribution >= 4 is 59.0 Å². The quantitative estimate of drug-likeness (QED) is 0.160. The molecule has 0 aliphatic carbocycles. The lowest BCUT2D eigenvalue weighted by Gasteiger charge is -2.34. The van der Waals surface area contributed by atoms with Crippen molar-refractivity contribution in [3.63, 3.8) is 0 Å². The predicted octanol–water partition coefficient (Wildman–Crippen LogP) is 8.34. The zero-order valence-corrected chi connectivity index (χ0v) is 37.1. The molecule has 11 nitrogen and oxygen atoms in total. The van der Waals surface area contributed by atoms with Gasteiger partial charge in [-0.2, -0.15) is 0 Å². The van der Waals surface area contributed by atoms with Gasteiger partial charge in [0.25, 0.3) is 0 Å². The molecule has 4 atom stereocenters. The SMILES string of the molecule is CC[C@@H]1CC(=O)N(Cc2ccc(Cl)cc2Oc2ccc(-c3cnc(CN4CCCC4)n3C)cc2)[C@@H](C)C(=O)C[C@@H](CO)C(=O)N(C)[C@H](Cc2ccc(Cl)cc2)CCC1=O.Cl. The molecule has 0 saturated carbocycles. The summed E-state index contributed by atoms with van der Waals surface area (Å²) in [6, 6.07) is 18.8. The molecule has 4 aromatic rings. The highest BCUT2D eigenvalue weighted by Gasteiger charge is 2.35. The van der Waals surface area contributed by atoms with Gasteiger partial charge in [-0.05, 0) is 106 Å². The van der Waals surface area contributed by atoms with E-state index < -0.39 is 30.4 Å². The van der Waals surface area contributed by atoms with Gasteiger partial charge in [0.05, 0.1) is 43.5 Å². The third-order valence-corrected chi connectivity index (χ3v) is 12.5. The molecule has 14 heteroatoms. The minimum atomic E-state index is -1.03. The Morgan fingerprint density at radius 1 is 0.850 bits per heavy atom. The topological polar surface area (TPSA) is 125 Å². The van der Waals surface area contributed by atoms with Crippen LogP contribution in [0.3, 0.4) is 0 Å². The molecule has 2 saturated heterocycles. The molecule has 60 heavy (non-hydrogen) atoms. The van der Waals surface area contributed by atoms with Crippen molar-refractivity contribution in [2.45, 2.75) is 90.4 Å². The van der Waals surface area contributed by atoms with Crippen LogP contribution in [0.2, 0.25) is 10.0 Å². The van der Waals surface area contributed by atoms with Crippen molar-refractivity contribution in [2.24, 2.45) is 18.9 Å². The van der Waals surface area contributed by atoms with Crippen molar-refractivity contribution in [3.8, 4) is 22.8 Å². The maximum atomic E-state index is 14.3. The Hall–Kier alpha value is -4.26. The Labute approximate surface area is 369 Å². The number of hydrogen-bond donors (Lipinski definition) is 1. The second-order valence-electron chi connectivity index (χ2n) is 16.0. The summed E-state index contributed by atoms with van der Waals surface area (Å²) in [6.45, 7) is 5.95. The average Bonchev–Trinajstić information content (AvgIpc) is 3.89. The van der Waals surface area contributed by atoms with Crippen LogP contribution in [0.15, 0.2) is 72.9 Å². The van der Waals surface area contributed by atoms with Gasteiger partial charge in [-0.1, -0.05) is 48.3 Å². The first kappa shape index (κ1) is 46.8. The van der Waals surface area contributed by atoms with E-state index >= 15 is 0 Å². The highest BCUT2D eigenvalue weighted by atomic mass is 35.5. The van der Waals surface area contributed by atoms with Crippen LogP contribution in [-0.4, -0.2) is 91.6 Å². The number of ether oxygens (including phenoxy) is 1. The van der Waals surface area contributed by atoms with E-state index in [9.17, 15) is 24.3 Å². The minimum absolute atomic E-state index is 0. The highest BCUT2D eigenvalue weighted by Crippen LogP contribution is 2.33. The van der Waals surface area contributed by atoms with Crippen LogP contribution in [-0.2, 0) is 45.7 Å². The van der Waals surface area contributed by atoms with E-state index in [-0.39, 0.29) is 61.7 Å². The summed E-state index contributed by atoms with van der Waals surface area (Å²) < 4.78 is 8.53. The second kappa shape index (κ2) is 21.5. The first-order valence-electron chi connectivity index (χ1n) is 20.6. The Morgan fingerprint density at radius 2 is 1.53 bits per heavy atom. The molecule has 2 aliphatic heterocycles. The van der Waals surface area contributed by atoms with Gasteiger partial charge in [-0.25, -0.2) is 4.98 Å². The molecule has 2 fully saturated rings. The number of aromatic nitrogens is 2. The van der Waals surface area contributed by atoms with Crippen LogP contribution >= 0.6 is 35.6 Å². The fraction of sp³-hybridized carbons (Fsp3) is 0.457. The zero-order chi connectivity index (χ0) is 42.2. The van der Waals surface area contributed by atoms with E-state index in [4.69, 9.17) is 32.9 Å². The number of halogens is 3. The van der Waals surface area contributed by atoms with Gasteiger partial charge < -0.3 is 24.2 Å². The molecule has 3 aromatic carbocycles. The normalized spacial score (nSPS) is 21.2. The van der Waals surface area contributed by atoms with Crippen molar-refractivity contribution in [1.82, 2.24) is 24.3 Å². The molecule has 322 valence electrons. The van der Waals surface area contributed by atoms with E-state index in [1.165, 1.54) is 17.7 Å². The third-order valence-electron chi connectivity index (χ3n) is 12.0. The largest absolute Gasteiger partial charge is 0.457 e. The number of carbonyl (C=O) groups is 4. The number of carbonyl (C=O) groups excluding carboxylic acids is 4. The number of aliphatic hydroxyl groups is 1. The molecule has 0 radical (unpaired) electrons. The molecule has 0 spiro atoms. The van der Waals surface area contributed by atoms with E-state index in [1.807, 2.05) is 56.6 Å². The van der Waals surface area contributed by atoms with Crippen LogP contribution in [0.25, 0.3) is 11.3 Å². The summed E-state index contributed by atoms with van der Waals surface area (Å²) in [5.41, 5.74) is 3.51. The van der Waals surface area contributed by atoms with Crippen molar-refractivity contribution in [3.05, 3.63) is 99.9 Å². The summed E-state index contributed by atoms with van der Waals surface area (Å²) in [7, 11) is 3.69. The number of hydrogen-bond acceptors (Lipinski definition) is 8. The molecule has 3 heterocycles. The zero-order valence-electron chi connectivity index (χ0n) is 34.8. The van der Waals surface area contributed by atoms with E-state index in [0.29, 0.717) is 46.4 Å². The van der Waals surface area contributed by atoms with Crippen molar-refractivity contribution in [1.29, 1.82) is 0 Å². The van der Waals surface area contributed by atoms with Crippen LogP contribution in [0, 0.1) is 11.8 Å². The standard InChI is InChI=1S/C46H55Cl2N5O6.ClH/c1-5-32-24-45(57)53(30(2)42(56)23-35(29-54)46(58)50(3)38(16-19-41(32)55)22-31-8-13-36(47)14-9-31)27-34-10-15-37(48)25-43(34)59-39-17-11-33(12-18-39)40-26-49-44(51(40)4)28-52-20-6-7-21-52;/h8-15,17-18,25-26,30,32,35,38,54H,5-7,16,19-24,27-29H2,1-4H3;1H/t30-,32+,35-,38-;/m0./s1. The van der Waals surface area contributed by atoms with Crippen LogP contribution < -0.4 is 4.74 Å². The first-order valence-corrected chi connectivity index (χ1v) is 21.4. The predicted molar refractivity (Wildman–Crippen MR) is 236 cm³/mol. The number of imidazole rings is 1. The summed E-state index contributed by atoms with van der Waals surface area (Å²) in [4.78, 5) is 66.2. The Balaban J connectivity index is 0.00000683. The summed E-state index contributed by atoms with van der Waals surface area (Å²) in [6.07, 6.45) is 5.41. The van der Waals surface area contributed by atoms with E-state index in [2.05, 4.69) is 9.47 Å². The first-order chi connectivity index (χ1) is 28.3. The van der Waals surface area contributed by atoms with Crippen LogP contribution in [0.5, 0.6) is 11.5 Å². The Morgan fingerprint density at radius 3 is 2.20 bits per heavy atom. The maximum Gasteiger partial charge on any atom is 0.228 e. The highest BCUT2D eigenvalue weighted by molar-refractivity contribution is 6.31. The molecular formula is C46H56Cl3N5O6. The number of rotatable bonds is 11. The average molecular weight is 881 g/mol. The lowest BCUT2D eigenvalue weighted by atomic mass is 9.89. The van der Waals surface area contributed by atoms with Gasteiger partial charge in [0.15, 0.2) is 5.78 Å². The summed E-state index contributed by atoms with van der Waals surface area (Å²) in [5.74, 6) is -0.851. The fourth-order valence-electron chi connectivity index (χ4n) is 8.14. The monoisotopic (exact) mass is 879 g/mol. The van der Waals surface area contributed by atoms with Gasteiger partial charge in [0.2, 0.25) is 11.8 Å². The van der Waals surface area contributed by atoms with E-state index in [0.717, 1.165) is 42.3 Å². The molecule has 0 bridgehead atoms. The van der Waals surface area contributed by atoms with Gasteiger partial charge >= 0.3 is 0 Å². The van der Waals surface area contributed by atoms with Gasteiger partial charge in [-0.15, -0.1) is 12.4 Å². The number of aliphatic hydroxyl groups excluding tert-OH is 1. The molecule has 6 rings (SSSR count). The van der Waals surface area contributed by atoms with Gasteiger partial charge in [0.1, 0.15) is 23.1 Å². The molecule has 2 aliphatic rings. The minimum Gasteiger partial charge on any atom is -0.457 e. The van der Waals surface area contributed by atoms with Crippen molar-refractivity contribution < 1.29 is 29.0 Å². The van der Waals surface area contributed by atoms with E-state index in [1.54, 1.807) is 49.2 Å². The maximum absolute atomic E-state index is 14.3. The Bertz CT molecular complexity index is 2100. The molecule has 1 aromatic heterocycles. The lowest BCUT2D eigenvalue weighted by molar-refractivity contribution is -0.145. The molecule has 1 N–H and O–H groups in total. The number of likely N-dealkylation sites (N-methyl/N-ethyl adjacent to an activating group) is 1. The number of Topliss-reactive ketones (excluding diaryl/α,β-unsaturated/α-hetero) is 2. The number of nitrogens with zero attached hydrogens (tertiary/aromatic N) is 5. The fourth-order valence-corrected chi connectivity index (χ4v) is 8.43. The molecule has 0 unspecified atom stereocenters. The number of amides is 2. The lowest BCUT2D eigenvalue weighted by Crippen LogP contribution is -2.47. The number of benzene rings is 3. The molecular weight excluding hydrogens is 825 g/mol. The summed E-state index contributed by atoms with van der Waals surface area (Å²) >= 11 is 12.6. The number of ketones is 2. The molecule has 2 amide bonds. The van der Waals surface area contributed by atoms with Gasteiger partial charge in [-0.3, -0.25) is 24.1 Å². The summed E-state index contributed by atoms with van der Waals surface area (Å²) in [5, 5.41) is 11.4. The van der Waals surface area contributed by atoms with Crippen LogP contribution in [0.1, 0.15) is 75.7 Å². The van der Waals surface area contributed by atoms with Gasteiger partial charge in [0, 0.05) is 66.5 Å². The number of likely N-dealkylation sites (tertiary alicyclic amines) is 1. The smallest absolute Gasteiger partial charge is 0.228 e. The Kier molecular flexibility index (Phi) is 16.8.